The van der Waals surface area contributed by atoms with Gasteiger partial charge in [-0.3, -0.25) is 0 Å². The van der Waals surface area contributed by atoms with Crippen LogP contribution in [-0.4, -0.2) is 17.7 Å². The summed E-state index contributed by atoms with van der Waals surface area (Å²) in [6.07, 6.45) is 4.27. The SMILES string of the molecule is Cc1cccc(N2CCOC2c2ccn(-c3cccc(C)c3)c2)c1. The monoisotopic (exact) mass is 318 g/mol. The Morgan fingerprint density at radius 2 is 1.62 bits per heavy atom. The van der Waals surface area contributed by atoms with Crippen molar-refractivity contribution in [3.8, 4) is 5.69 Å². The molecule has 0 bridgehead atoms. The number of aromatic nitrogens is 1. The molecule has 0 amide bonds. The van der Waals surface area contributed by atoms with Gasteiger partial charge in [0.05, 0.1) is 6.61 Å². The third-order valence-electron chi connectivity index (χ3n) is 4.52. The van der Waals surface area contributed by atoms with Gasteiger partial charge in [-0.2, -0.15) is 0 Å². The van der Waals surface area contributed by atoms with Crippen molar-refractivity contribution < 1.29 is 4.74 Å². The molecule has 4 rings (SSSR count). The molecule has 1 atom stereocenters. The lowest BCUT2D eigenvalue weighted by atomic mass is 10.2. The molecule has 122 valence electrons. The summed E-state index contributed by atoms with van der Waals surface area (Å²) in [5, 5.41) is 0. The van der Waals surface area contributed by atoms with Gasteiger partial charge in [0.1, 0.15) is 0 Å². The zero-order valence-corrected chi connectivity index (χ0v) is 14.1. The van der Waals surface area contributed by atoms with Gasteiger partial charge in [0.25, 0.3) is 0 Å². The molecule has 3 nitrogen and oxygen atoms in total. The zero-order chi connectivity index (χ0) is 16.5. The lowest BCUT2D eigenvalue weighted by molar-refractivity contribution is 0.114. The predicted molar refractivity (Wildman–Crippen MR) is 97.7 cm³/mol. The summed E-state index contributed by atoms with van der Waals surface area (Å²) in [5.74, 6) is 0. The van der Waals surface area contributed by atoms with Gasteiger partial charge in [-0.1, -0.05) is 24.3 Å². The number of hydrogen-bond donors (Lipinski definition) is 0. The minimum atomic E-state index is -0.0159. The first kappa shape index (κ1) is 15.0. The van der Waals surface area contributed by atoms with Crippen molar-refractivity contribution in [3.63, 3.8) is 0 Å². The number of anilines is 1. The third-order valence-corrected chi connectivity index (χ3v) is 4.52. The molecular formula is C21H22N2O. The molecule has 0 aliphatic carbocycles. The Hall–Kier alpha value is -2.52. The maximum atomic E-state index is 6.03. The summed E-state index contributed by atoms with van der Waals surface area (Å²) < 4.78 is 8.20. The van der Waals surface area contributed by atoms with Gasteiger partial charge in [0, 0.05) is 35.9 Å². The molecule has 1 aromatic heterocycles. The Morgan fingerprint density at radius 1 is 0.917 bits per heavy atom. The molecular weight excluding hydrogens is 296 g/mol. The van der Waals surface area contributed by atoms with Crippen LogP contribution in [0.25, 0.3) is 5.69 Å². The molecule has 0 spiro atoms. The van der Waals surface area contributed by atoms with Crippen molar-refractivity contribution in [1.29, 1.82) is 0 Å². The maximum Gasteiger partial charge on any atom is 0.158 e. The van der Waals surface area contributed by atoms with Gasteiger partial charge in [-0.05, 0) is 55.3 Å². The third kappa shape index (κ3) is 2.83. The lowest BCUT2D eigenvalue weighted by Crippen LogP contribution is -2.23. The Kier molecular flexibility index (Phi) is 3.87. The number of aryl methyl sites for hydroxylation is 2. The second kappa shape index (κ2) is 6.17. The number of ether oxygens (including phenoxy) is 1. The largest absolute Gasteiger partial charge is 0.352 e. The summed E-state index contributed by atoms with van der Waals surface area (Å²) in [7, 11) is 0. The standard InChI is InChI=1S/C21H22N2O/c1-16-5-3-7-19(13-16)22-10-9-18(15-22)21-23(11-12-24-21)20-8-4-6-17(2)14-20/h3-10,13-15,21H,11-12H2,1-2H3. The van der Waals surface area contributed by atoms with Crippen molar-refractivity contribution in [2.24, 2.45) is 0 Å². The fraction of sp³-hybridized carbons (Fsp3) is 0.238. The van der Waals surface area contributed by atoms with Crippen molar-refractivity contribution in [2.75, 3.05) is 18.1 Å². The number of rotatable bonds is 3. The highest BCUT2D eigenvalue weighted by Gasteiger charge is 2.27. The molecule has 2 heterocycles. The fourth-order valence-corrected chi connectivity index (χ4v) is 3.33. The van der Waals surface area contributed by atoms with Gasteiger partial charge >= 0.3 is 0 Å². The highest BCUT2D eigenvalue weighted by molar-refractivity contribution is 5.51. The predicted octanol–water partition coefficient (Wildman–Crippen LogP) is 4.63. The molecule has 1 aliphatic rings. The summed E-state index contributed by atoms with van der Waals surface area (Å²) >= 11 is 0. The minimum absolute atomic E-state index is 0.0159. The molecule has 2 aromatic carbocycles. The van der Waals surface area contributed by atoms with Crippen LogP contribution in [0, 0.1) is 13.8 Å². The fourth-order valence-electron chi connectivity index (χ4n) is 3.33. The first-order valence-electron chi connectivity index (χ1n) is 8.40. The number of benzene rings is 2. The van der Waals surface area contributed by atoms with Crippen LogP contribution in [0.4, 0.5) is 5.69 Å². The van der Waals surface area contributed by atoms with E-state index in [2.05, 4.69) is 90.3 Å². The summed E-state index contributed by atoms with van der Waals surface area (Å²) in [5.41, 5.74) is 6.13. The summed E-state index contributed by atoms with van der Waals surface area (Å²) in [6, 6.07) is 19.3. The van der Waals surface area contributed by atoms with E-state index in [-0.39, 0.29) is 6.23 Å². The number of nitrogens with zero attached hydrogens (tertiary/aromatic N) is 2. The van der Waals surface area contributed by atoms with E-state index in [1.807, 2.05) is 0 Å². The second-order valence-corrected chi connectivity index (χ2v) is 6.45. The minimum Gasteiger partial charge on any atom is -0.352 e. The van der Waals surface area contributed by atoms with Crippen molar-refractivity contribution in [3.05, 3.63) is 83.7 Å². The van der Waals surface area contributed by atoms with Crippen LogP contribution in [0.5, 0.6) is 0 Å². The van der Waals surface area contributed by atoms with Crippen LogP contribution in [0.2, 0.25) is 0 Å². The Bertz CT molecular complexity index is 852. The molecule has 0 radical (unpaired) electrons. The van der Waals surface area contributed by atoms with Crippen molar-refractivity contribution in [2.45, 2.75) is 20.1 Å². The average Bonchev–Trinajstić information content (AvgIpc) is 3.24. The molecule has 1 saturated heterocycles. The van der Waals surface area contributed by atoms with Gasteiger partial charge in [0.15, 0.2) is 6.23 Å². The van der Waals surface area contributed by atoms with Gasteiger partial charge < -0.3 is 14.2 Å². The van der Waals surface area contributed by atoms with Crippen LogP contribution in [0.1, 0.15) is 22.9 Å². The van der Waals surface area contributed by atoms with E-state index in [0.717, 1.165) is 13.2 Å². The van der Waals surface area contributed by atoms with Crippen LogP contribution >= 0.6 is 0 Å². The Balaban J connectivity index is 1.64. The topological polar surface area (TPSA) is 17.4 Å². The van der Waals surface area contributed by atoms with E-state index in [4.69, 9.17) is 4.74 Å². The smallest absolute Gasteiger partial charge is 0.158 e. The second-order valence-electron chi connectivity index (χ2n) is 6.45. The van der Waals surface area contributed by atoms with Crippen LogP contribution < -0.4 is 4.90 Å². The van der Waals surface area contributed by atoms with Crippen molar-refractivity contribution >= 4 is 5.69 Å². The maximum absolute atomic E-state index is 6.03. The molecule has 3 aromatic rings. The first-order valence-corrected chi connectivity index (χ1v) is 8.40. The molecule has 24 heavy (non-hydrogen) atoms. The summed E-state index contributed by atoms with van der Waals surface area (Å²) in [6.45, 7) is 5.93. The van der Waals surface area contributed by atoms with Gasteiger partial charge in [-0.15, -0.1) is 0 Å². The van der Waals surface area contributed by atoms with E-state index in [9.17, 15) is 0 Å². The summed E-state index contributed by atoms with van der Waals surface area (Å²) in [4.78, 5) is 2.34. The number of hydrogen-bond acceptors (Lipinski definition) is 2. The molecule has 1 aliphatic heterocycles. The van der Waals surface area contributed by atoms with E-state index in [1.54, 1.807) is 0 Å². The quantitative estimate of drug-likeness (QED) is 0.700. The normalized spacial score (nSPS) is 17.4. The molecule has 1 fully saturated rings. The molecule has 1 unspecified atom stereocenters. The van der Waals surface area contributed by atoms with Crippen LogP contribution in [0.15, 0.2) is 67.0 Å². The average molecular weight is 318 g/mol. The zero-order valence-electron chi connectivity index (χ0n) is 14.1. The first-order chi connectivity index (χ1) is 11.7. The van der Waals surface area contributed by atoms with Gasteiger partial charge in [-0.25, -0.2) is 0 Å². The van der Waals surface area contributed by atoms with Gasteiger partial charge in [0.2, 0.25) is 0 Å². The Labute approximate surface area is 143 Å². The molecule has 0 N–H and O–H groups in total. The molecule has 0 saturated carbocycles. The highest BCUT2D eigenvalue weighted by atomic mass is 16.5. The van der Waals surface area contributed by atoms with Crippen molar-refractivity contribution in [1.82, 2.24) is 4.57 Å². The van der Waals surface area contributed by atoms with E-state index in [1.165, 1.54) is 28.1 Å². The Morgan fingerprint density at radius 3 is 2.38 bits per heavy atom. The van der Waals surface area contributed by atoms with Crippen LogP contribution in [-0.2, 0) is 4.74 Å². The lowest BCUT2D eigenvalue weighted by Gasteiger charge is -2.25. The highest BCUT2D eigenvalue weighted by Crippen LogP contribution is 2.33. The van der Waals surface area contributed by atoms with E-state index < -0.39 is 0 Å². The van der Waals surface area contributed by atoms with E-state index in [0.29, 0.717) is 0 Å². The van der Waals surface area contributed by atoms with E-state index >= 15 is 0 Å². The molecule has 3 heteroatoms. The van der Waals surface area contributed by atoms with Crippen LogP contribution in [0.3, 0.4) is 0 Å².